The highest BCUT2D eigenvalue weighted by Crippen LogP contribution is 2.24. The first-order valence-corrected chi connectivity index (χ1v) is 11.9. The zero-order chi connectivity index (χ0) is 22.6. The van der Waals surface area contributed by atoms with Gasteiger partial charge in [0.1, 0.15) is 6.61 Å². The van der Waals surface area contributed by atoms with Gasteiger partial charge < -0.3 is 15.0 Å². The van der Waals surface area contributed by atoms with Gasteiger partial charge in [-0.3, -0.25) is 10.3 Å². The van der Waals surface area contributed by atoms with Crippen LogP contribution in [0.25, 0.3) is 0 Å². The van der Waals surface area contributed by atoms with Crippen LogP contribution in [0.3, 0.4) is 0 Å². The second-order valence-electron chi connectivity index (χ2n) is 8.26. The normalized spacial score (nSPS) is 14.6. The molecule has 7 nitrogen and oxygen atoms in total. The molecule has 0 unspecified atom stereocenters. The van der Waals surface area contributed by atoms with Crippen LogP contribution >= 0.6 is 0 Å². The molecule has 32 heavy (non-hydrogen) atoms. The van der Waals surface area contributed by atoms with Crippen molar-refractivity contribution >= 4 is 17.7 Å². The molecule has 0 aliphatic carbocycles. The molecule has 1 aliphatic rings. The minimum absolute atomic E-state index is 0.629. The lowest BCUT2D eigenvalue weighted by molar-refractivity contribution is 0.188. The van der Waals surface area contributed by atoms with Crippen molar-refractivity contribution in [3.05, 3.63) is 47.5 Å². The van der Waals surface area contributed by atoms with Gasteiger partial charge in [-0.25, -0.2) is 0 Å². The van der Waals surface area contributed by atoms with Gasteiger partial charge in [-0.1, -0.05) is 43.7 Å². The van der Waals surface area contributed by atoms with E-state index in [-0.39, 0.29) is 0 Å². The van der Waals surface area contributed by atoms with E-state index in [9.17, 15) is 0 Å². The fourth-order valence-corrected chi connectivity index (χ4v) is 3.85. The van der Waals surface area contributed by atoms with E-state index in [1.54, 1.807) is 0 Å². The quantitative estimate of drug-likeness (QED) is 0.389. The van der Waals surface area contributed by atoms with Crippen molar-refractivity contribution in [3.63, 3.8) is 0 Å². The molecular weight excluding hydrogens is 400 g/mol. The number of piperazine rings is 1. The van der Waals surface area contributed by atoms with Gasteiger partial charge in [-0.2, -0.15) is 10.1 Å². The zero-order valence-electron chi connectivity index (χ0n) is 19.8. The summed E-state index contributed by atoms with van der Waals surface area (Å²) >= 11 is 0. The van der Waals surface area contributed by atoms with Crippen LogP contribution in [0, 0.1) is 6.92 Å². The summed E-state index contributed by atoms with van der Waals surface area (Å²) in [6.45, 7) is 14.3. The van der Waals surface area contributed by atoms with Crippen LogP contribution in [-0.2, 0) is 0 Å². The molecule has 2 aromatic rings. The third-order valence-corrected chi connectivity index (χ3v) is 5.44. The molecule has 1 aromatic carbocycles. The number of benzene rings is 1. The molecule has 0 amide bonds. The number of aromatic nitrogens is 1. The number of hydrogen-bond acceptors (Lipinski definition) is 7. The highest BCUT2D eigenvalue weighted by Gasteiger charge is 2.12. The molecule has 174 valence electrons. The minimum Gasteiger partial charge on any atom is -0.476 e. The first-order chi connectivity index (χ1) is 15.7. The Kier molecular flexibility index (Phi) is 9.78. The molecule has 2 heterocycles. The lowest BCUT2D eigenvalue weighted by Crippen LogP contribution is -2.44. The Morgan fingerprint density at radius 2 is 1.94 bits per heavy atom. The van der Waals surface area contributed by atoms with Crippen molar-refractivity contribution in [1.82, 2.24) is 15.2 Å². The minimum atomic E-state index is 0.629. The maximum atomic E-state index is 6.09. The number of nitrogens with zero attached hydrogens (tertiary/aromatic N) is 4. The summed E-state index contributed by atoms with van der Waals surface area (Å²) < 4.78 is 6.09. The van der Waals surface area contributed by atoms with Crippen LogP contribution in [0.15, 0.2) is 41.5 Å². The predicted molar refractivity (Wildman–Crippen MR) is 134 cm³/mol. The Hall–Kier alpha value is -2.64. The fraction of sp³-hybridized carbons (Fsp3) is 0.520. The molecule has 1 fully saturated rings. The second-order valence-corrected chi connectivity index (χ2v) is 8.26. The molecule has 1 aliphatic heterocycles. The molecule has 0 atom stereocenters. The number of hydrazone groups is 1. The van der Waals surface area contributed by atoms with E-state index in [4.69, 9.17) is 4.74 Å². The molecule has 7 heteroatoms. The topological polar surface area (TPSA) is 65.0 Å². The summed E-state index contributed by atoms with van der Waals surface area (Å²) in [5.41, 5.74) is 6.49. The average Bonchev–Trinajstić information content (AvgIpc) is 2.80. The van der Waals surface area contributed by atoms with Crippen LogP contribution in [0.5, 0.6) is 5.88 Å². The number of hydrogen-bond donors (Lipinski definition) is 2. The number of rotatable bonds is 12. The number of nitrogens with one attached hydrogen (secondary N) is 2. The van der Waals surface area contributed by atoms with Gasteiger partial charge in [-0.15, -0.1) is 0 Å². The molecule has 1 saturated heterocycles. The van der Waals surface area contributed by atoms with Crippen molar-refractivity contribution in [1.29, 1.82) is 0 Å². The van der Waals surface area contributed by atoms with E-state index >= 15 is 0 Å². The molecule has 3 rings (SSSR count). The van der Waals surface area contributed by atoms with Crippen LogP contribution in [-0.4, -0.2) is 68.5 Å². The van der Waals surface area contributed by atoms with E-state index in [1.165, 1.54) is 5.56 Å². The Labute approximate surface area is 192 Å². The maximum absolute atomic E-state index is 6.09. The first kappa shape index (κ1) is 24.0. The molecule has 1 aromatic heterocycles. The van der Waals surface area contributed by atoms with E-state index < -0.39 is 0 Å². The van der Waals surface area contributed by atoms with Crippen molar-refractivity contribution in [2.75, 3.05) is 62.7 Å². The smallest absolute Gasteiger partial charge is 0.217 e. The van der Waals surface area contributed by atoms with Gasteiger partial charge in [0.25, 0.3) is 0 Å². The standard InChI is InChI=1S/C25H38N6O/c1-4-11-31(12-5-2)23-18-24(29-27-20-22-8-6-7-21(3)17-22)28-25(19-23)32-16-15-30-13-9-26-10-14-30/h6-8,17-20,26H,4-5,9-16H2,1-3H3,(H,28,29)/b27-20+. The van der Waals surface area contributed by atoms with Gasteiger partial charge in [0.15, 0.2) is 5.82 Å². The predicted octanol–water partition coefficient (Wildman–Crippen LogP) is 3.75. The third kappa shape index (κ3) is 7.80. The van der Waals surface area contributed by atoms with Crippen molar-refractivity contribution in [2.45, 2.75) is 33.6 Å². The lowest BCUT2D eigenvalue weighted by Gasteiger charge is -2.27. The Bertz CT molecular complexity index is 844. The van der Waals surface area contributed by atoms with Gasteiger partial charge in [0, 0.05) is 63.6 Å². The number of pyridine rings is 1. The van der Waals surface area contributed by atoms with Gasteiger partial charge in [0.2, 0.25) is 5.88 Å². The summed E-state index contributed by atoms with van der Waals surface area (Å²) in [7, 11) is 0. The molecule has 0 radical (unpaired) electrons. The van der Waals surface area contributed by atoms with E-state index in [0.717, 1.165) is 69.9 Å². The third-order valence-electron chi connectivity index (χ3n) is 5.44. The van der Waals surface area contributed by atoms with Gasteiger partial charge in [-0.05, 0) is 25.3 Å². The van der Waals surface area contributed by atoms with Crippen LogP contribution in [0.2, 0.25) is 0 Å². The summed E-state index contributed by atoms with van der Waals surface area (Å²) in [4.78, 5) is 9.47. The van der Waals surface area contributed by atoms with Gasteiger partial charge >= 0.3 is 0 Å². The van der Waals surface area contributed by atoms with Crippen molar-refractivity contribution in [3.8, 4) is 5.88 Å². The first-order valence-electron chi connectivity index (χ1n) is 11.9. The average molecular weight is 439 g/mol. The number of anilines is 2. The van der Waals surface area contributed by atoms with Crippen LogP contribution < -0.4 is 20.4 Å². The van der Waals surface area contributed by atoms with Crippen molar-refractivity contribution < 1.29 is 4.74 Å². The number of ether oxygens (including phenoxy) is 1. The van der Waals surface area contributed by atoms with E-state index in [1.807, 2.05) is 18.3 Å². The van der Waals surface area contributed by atoms with E-state index in [2.05, 4.69) is 75.7 Å². The second kappa shape index (κ2) is 13.0. The van der Waals surface area contributed by atoms with Crippen molar-refractivity contribution in [2.24, 2.45) is 5.10 Å². The molecular formula is C25H38N6O. The largest absolute Gasteiger partial charge is 0.476 e. The molecule has 0 saturated carbocycles. The summed E-state index contributed by atoms with van der Waals surface area (Å²) in [6, 6.07) is 12.4. The van der Waals surface area contributed by atoms with Gasteiger partial charge in [0.05, 0.1) is 6.21 Å². The highest BCUT2D eigenvalue weighted by molar-refractivity contribution is 5.80. The molecule has 2 N–H and O–H groups in total. The summed E-state index contributed by atoms with van der Waals surface area (Å²) in [5, 5.41) is 7.80. The lowest BCUT2D eigenvalue weighted by atomic mass is 10.2. The van der Waals surface area contributed by atoms with E-state index in [0.29, 0.717) is 18.3 Å². The Morgan fingerprint density at radius 3 is 2.66 bits per heavy atom. The fourth-order valence-electron chi connectivity index (χ4n) is 3.85. The monoisotopic (exact) mass is 438 g/mol. The molecule has 0 spiro atoms. The maximum Gasteiger partial charge on any atom is 0.217 e. The SMILES string of the molecule is CCCN(CCC)c1cc(N/N=C/c2cccc(C)c2)nc(OCCN2CCNCC2)c1. The summed E-state index contributed by atoms with van der Waals surface area (Å²) in [5.74, 6) is 1.34. The van der Waals surface area contributed by atoms with Crippen LogP contribution in [0.1, 0.15) is 37.8 Å². The Morgan fingerprint density at radius 1 is 1.16 bits per heavy atom. The highest BCUT2D eigenvalue weighted by atomic mass is 16.5. The zero-order valence-corrected chi connectivity index (χ0v) is 19.8. The molecule has 0 bridgehead atoms. The Balaban J connectivity index is 1.71. The van der Waals surface area contributed by atoms with Crippen LogP contribution in [0.4, 0.5) is 11.5 Å². The number of aryl methyl sites for hydroxylation is 1. The summed E-state index contributed by atoms with van der Waals surface area (Å²) in [6.07, 6.45) is 4.01.